The summed E-state index contributed by atoms with van der Waals surface area (Å²) < 4.78 is 19.9. The van der Waals surface area contributed by atoms with Gasteiger partial charge >= 0.3 is 0 Å². The van der Waals surface area contributed by atoms with Crippen molar-refractivity contribution >= 4 is 111 Å². The van der Waals surface area contributed by atoms with E-state index in [0.29, 0.717) is 0 Å². The largest absolute Gasteiger partial charge is 0.456 e. The summed E-state index contributed by atoms with van der Waals surface area (Å²) in [6.07, 6.45) is 0. The number of furan rings is 3. The van der Waals surface area contributed by atoms with Crippen LogP contribution in [0.4, 0.5) is 34.1 Å². The standard InChI is InChI=1S/C52H32N2O3/c1-3-14-34(15-4-1)53(36-24-27-42-40-19-9-11-21-46(40)55-48(42)30-36)38-29-45(51-44-26-23-33-13-7-8-18-39(33)52(44)57-50(51)32-38)54(35-16-5-2-6-17-35)37-25-28-43-41-20-10-12-22-47(41)56-49(43)31-37/h1-32H. The molecule has 0 radical (unpaired) electrons. The minimum absolute atomic E-state index is 0.783. The third-order valence-corrected chi connectivity index (χ3v) is 11.2. The molecule has 268 valence electrons. The van der Waals surface area contributed by atoms with Gasteiger partial charge in [-0.25, -0.2) is 0 Å². The fraction of sp³-hybridized carbons (Fsp3) is 0. The van der Waals surface area contributed by atoms with Gasteiger partial charge in [-0.15, -0.1) is 0 Å². The lowest BCUT2D eigenvalue weighted by molar-refractivity contribution is 0.668. The number of benzene rings is 9. The van der Waals surface area contributed by atoms with E-state index in [4.69, 9.17) is 13.3 Å². The van der Waals surface area contributed by atoms with Crippen molar-refractivity contribution in [2.45, 2.75) is 0 Å². The highest BCUT2D eigenvalue weighted by Gasteiger charge is 2.25. The van der Waals surface area contributed by atoms with Gasteiger partial charge in [-0.1, -0.05) is 103 Å². The van der Waals surface area contributed by atoms with E-state index in [1.54, 1.807) is 0 Å². The van der Waals surface area contributed by atoms with Crippen LogP contribution in [0.2, 0.25) is 0 Å². The van der Waals surface area contributed by atoms with Crippen molar-refractivity contribution in [3.63, 3.8) is 0 Å². The fourth-order valence-corrected chi connectivity index (χ4v) is 8.64. The summed E-state index contributed by atoms with van der Waals surface area (Å²) in [5, 5.41) is 8.64. The second kappa shape index (κ2) is 12.4. The number of anilines is 6. The molecule has 0 spiro atoms. The van der Waals surface area contributed by atoms with Crippen LogP contribution < -0.4 is 9.80 Å². The van der Waals surface area contributed by atoms with Crippen LogP contribution in [0.5, 0.6) is 0 Å². The zero-order chi connectivity index (χ0) is 37.5. The predicted octanol–water partition coefficient (Wildman–Crippen LogP) is 15.5. The summed E-state index contributed by atoms with van der Waals surface area (Å²) in [4.78, 5) is 4.61. The highest BCUT2D eigenvalue weighted by Crippen LogP contribution is 2.49. The number of rotatable bonds is 6. The molecule has 0 fully saturated rings. The Kier molecular flexibility index (Phi) is 6.86. The third kappa shape index (κ3) is 4.96. The average Bonchev–Trinajstić information content (AvgIpc) is 3.96. The number of hydrogen-bond acceptors (Lipinski definition) is 5. The Labute approximate surface area is 326 Å². The molecule has 0 aliphatic rings. The van der Waals surface area contributed by atoms with Crippen LogP contribution in [0.25, 0.3) is 76.6 Å². The van der Waals surface area contributed by atoms with Gasteiger partial charge in [0.2, 0.25) is 0 Å². The number of para-hydroxylation sites is 4. The predicted molar refractivity (Wildman–Crippen MR) is 235 cm³/mol. The Bertz CT molecular complexity index is 3490. The summed E-state index contributed by atoms with van der Waals surface area (Å²) in [7, 11) is 0. The van der Waals surface area contributed by atoms with E-state index < -0.39 is 0 Å². The summed E-state index contributed by atoms with van der Waals surface area (Å²) in [5.74, 6) is 0. The van der Waals surface area contributed by atoms with Crippen LogP contribution in [-0.2, 0) is 0 Å². The molecule has 3 heterocycles. The van der Waals surface area contributed by atoms with E-state index >= 15 is 0 Å². The van der Waals surface area contributed by atoms with Gasteiger partial charge in [0.15, 0.2) is 0 Å². The molecule has 5 nitrogen and oxygen atoms in total. The van der Waals surface area contributed by atoms with Crippen molar-refractivity contribution < 1.29 is 13.3 Å². The topological polar surface area (TPSA) is 45.9 Å². The monoisotopic (exact) mass is 732 g/mol. The van der Waals surface area contributed by atoms with Crippen molar-refractivity contribution in [1.82, 2.24) is 0 Å². The molecule has 57 heavy (non-hydrogen) atoms. The molecule has 3 aromatic heterocycles. The van der Waals surface area contributed by atoms with Crippen LogP contribution in [0.1, 0.15) is 0 Å². The van der Waals surface area contributed by atoms with Gasteiger partial charge in [-0.2, -0.15) is 0 Å². The maximum absolute atomic E-state index is 7.02. The van der Waals surface area contributed by atoms with Crippen LogP contribution in [0.3, 0.4) is 0 Å². The van der Waals surface area contributed by atoms with Crippen molar-refractivity contribution in [1.29, 1.82) is 0 Å². The molecule has 12 rings (SSSR count). The Morgan fingerprint density at radius 2 is 0.772 bits per heavy atom. The minimum Gasteiger partial charge on any atom is -0.456 e. The molecular weight excluding hydrogens is 701 g/mol. The smallest absolute Gasteiger partial charge is 0.143 e. The Morgan fingerprint density at radius 3 is 1.42 bits per heavy atom. The molecule has 0 bridgehead atoms. The van der Waals surface area contributed by atoms with Gasteiger partial charge in [0.25, 0.3) is 0 Å². The number of hydrogen-bond donors (Lipinski definition) is 0. The van der Waals surface area contributed by atoms with Gasteiger partial charge in [0, 0.05) is 73.3 Å². The lowest BCUT2D eigenvalue weighted by atomic mass is 10.0. The first-order valence-electron chi connectivity index (χ1n) is 19.2. The van der Waals surface area contributed by atoms with Gasteiger partial charge < -0.3 is 23.1 Å². The molecule has 0 saturated carbocycles. The first-order chi connectivity index (χ1) is 28.2. The molecule has 0 aliphatic carbocycles. The van der Waals surface area contributed by atoms with E-state index in [9.17, 15) is 0 Å². The summed E-state index contributed by atoms with van der Waals surface area (Å²) in [5.41, 5.74) is 10.9. The van der Waals surface area contributed by atoms with Crippen LogP contribution in [0, 0.1) is 0 Å². The van der Waals surface area contributed by atoms with E-state index in [0.717, 1.165) is 111 Å². The fourth-order valence-electron chi connectivity index (χ4n) is 8.64. The Hall–Kier alpha value is -7.76. The van der Waals surface area contributed by atoms with Crippen molar-refractivity contribution in [3.8, 4) is 0 Å². The molecule has 0 unspecified atom stereocenters. The van der Waals surface area contributed by atoms with Crippen LogP contribution in [-0.4, -0.2) is 0 Å². The summed E-state index contributed by atoms with van der Waals surface area (Å²) in [6, 6.07) is 67.7. The van der Waals surface area contributed by atoms with Gasteiger partial charge in [-0.05, 0) is 78.2 Å². The van der Waals surface area contributed by atoms with E-state index in [1.165, 1.54) is 0 Å². The number of nitrogens with zero attached hydrogens (tertiary/aromatic N) is 2. The normalized spacial score (nSPS) is 11.9. The first-order valence-corrected chi connectivity index (χ1v) is 19.2. The highest BCUT2D eigenvalue weighted by molar-refractivity contribution is 6.21. The lowest BCUT2D eigenvalue weighted by Crippen LogP contribution is -2.13. The Morgan fingerprint density at radius 1 is 0.281 bits per heavy atom. The summed E-state index contributed by atoms with van der Waals surface area (Å²) >= 11 is 0. The van der Waals surface area contributed by atoms with Gasteiger partial charge in [0.1, 0.15) is 33.5 Å². The summed E-state index contributed by atoms with van der Waals surface area (Å²) in [6.45, 7) is 0. The maximum Gasteiger partial charge on any atom is 0.143 e. The van der Waals surface area contributed by atoms with Gasteiger partial charge in [-0.3, -0.25) is 0 Å². The zero-order valence-electron chi connectivity index (χ0n) is 30.6. The van der Waals surface area contributed by atoms with Crippen LogP contribution >= 0.6 is 0 Å². The molecule has 12 aromatic rings. The quantitative estimate of drug-likeness (QED) is 0.170. The lowest BCUT2D eigenvalue weighted by Gasteiger charge is -2.30. The van der Waals surface area contributed by atoms with Crippen LogP contribution in [0.15, 0.2) is 207 Å². The second-order valence-corrected chi connectivity index (χ2v) is 14.5. The maximum atomic E-state index is 7.02. The van der Waals surface area contributed by atoms with E-state index in [1.807, 2.05) is 24.3 Å². The molecule has 0 atom stereocenters. The third-order valence-electron chi connectivity index (χ3n) is 11.2. The minimum atomic E-state index is 0.783. The first kappa shape index (κ1) is 31.6. The van der Waals surface area contributed by atoms with E-state index in [-0.39, 0.29) is 0 Å². The molecule has 9 aromatic carbocycles. The van der Waals surface area contributed by atoms with Crippen molar-refractivity contribution in [2.75, 3.05) is 9.80 Å². The SMILES string of the molecule is c1ccc(N(c2ccc3c(c2)oc2ccccc23)c2cc(N(c3ccccc3)c3ccc4c(c3)oc3ccccc34)c3c(c2)oc2c4ccccc4ccc23)cc1. The molecular formula is C52H32N2O3. The Balaban J connectivity index is 1.17. The van der Waals surface area contributed by atoms with Crippen molar-refractivity contribution in [2.24, 2.45) is 0 Å². The number of fused-ring (bicyclic) bond motifs is 11. The molecule has 0 aliphatic heterocycles. The second-order valence-electron chi connectivity index (χ2n) is 14.5. The highest BCUT2D eigenvalue weighted by atomic mass is 16.3. The average molecular weight is 733 g/mol. The molecule has 0 N–H and O–H groups in total. The zero-order valence-corrected chi connectivity index (χ0v) is 30.6. The van der Waals surface area contributed by atoms with Crippen molar-refractivity contribution in [3.05, 3.63) is 194 Å². The molecule has 0 amide bonds. The molecule has 5 heteroatoms. The molecule has 0 saturated heterocycles. The van der Waals surface area contributed by atoms with Gasteiger partial charge in [0.05, 0.1) is 16.8 Å². The van der Waals surface area contributed by atoms with E-state index in [2.05, 4.69) is 180 Å².